The maximum atomic E-state index is 11.3. The van der Waals surface area contributed by atoms with E-state index < -0.39 is 5.97 Å². The zero-order valence-corrected chi connectivity index (χ0v) is 12.4. The highest BCUT2D eigenvalue weighted by Crippen LogP contribution is 2.38. The summed E-state index contributed by atoms with van der Waals surface area (Å²) in [5, 5.41) is 10.2. The van der Waals surface area contributed by atoms with Gasteiger partial charge in [0.15, 0.2) is 0 Å². The fourth-order valence-corrected chi connectivity index (χ4v) is 2.79. The van der Waals surface area contributed by atoms with Crippen molar-refractivity contribution in [2.24, 2.45) is 0 Å². The number of carboxylic acid groups (broad SMARTS) is 1. The molecule has 0 saturated carbocycles. The number of aromatic carboxylic acids is 1. The van der Waals surface area contributed by atoms with Gasteiger partial charge >= 0.3 is 5.97 Å². The summed E-state index contributed by atoms with van der Waals surface area (Å²) in [7, 11) is 0. The second-order valence-electron chi connectivity index (χ2n) is 5.46. The van der Waals surface area contributed by atoms with Gasteiger partial charge in [-0.2, -0.15) is 0 Å². The van der Waals surface area contributed by atoms with E-state index >= 15 is 0 Å². The molecule has 0 aliphatic carbocycles. The largest absolute Gasteiger partial charge is 0.475 e. The predicted molar refractivity (Wildman–Crippen MR) is 74.3 cm³/mol. The van der Waals surface area contributed by atoms with Crippen LogP contribution in [-0.4, -0.2) is 11.1 Å². The molecule has 0 amide bonds. The number of carboxylic acids is 1. The molecule has 0 unspecified atom stereocenters. The summed E-state index contributed by atoms with van der Waals surface area (Å²) in [6.07, 6.45) is 0. The maximum absolute atomic E-state index is 11.3. The predicted octanol–water partition coefficient (Wildman–Crippen LogP) is 4.50. The van der Waals surface area contributed by atoms with Gasteiger partial charge in [0.1, 0.15) is 5.58 Å². The Labute approximate surface area is 114 Å². The number of hydrogen-bond acceptors (Lipinski definition) is 2. The van der Waals surface area contributed by atoms with Crippen LogP contribution >= 0.6 is 15.9 Å². The molecule has 0 aliphatic rings. The van der Waals surface area contributed by atoms with E-state index in [1.807, 2.05) is 39.8 Å². The second kappa shape index (κ2) is 4.12. The van der Waals surface area contributed by atoms with Crippen molar-refractivity contribution in [3.05, 3.63) is 33.5 Å². The van der Waals surface area contributed by atoms with E-state index in [1.54, 1.807) is 0 Å². The fraction of sp³-hybridized carbons (Fsp3) is 0.357. The number of aryl methyl sites for hydroxylation is 1. The minimum Gasteiger partial charge on any atom is -0.475 e. The number of rotatable bonds is 1. The fourth-order valence-electron chi connectivity index (χ4n) is 2.22. The van der Waals surface area contributed by atoms with E-state index in [-0.39, 0.29) is 11.2 Å². The van der Waals surface area contributed by atoms with Crippen LogP contribution < -0.4 is 0 Å². The van der Waals surface area contributed by atoms with Gasteiger partial charge in [-0.15, -0.1) is 0 Å². The highest BCUT2D eigenvalue weighted by molar-refractivity contribution is 9.10. The third kappa shape index (κ3) is 2.05. The highest BCUT2D eigenvalue weighted by Gasteiger charge is 2.29. The Morgan fingerprint density at radius 2 is 1.94 bits per heavy atom. The summed E-state index contributed by atoms with van der Waals surface area (Å²) in [6, 6.07) is 3.84. The molecule has 1 aromatic carbocycles. The van der Waals surface area contributed by atoms with Gasteiger partial charge in [-0.1, -0.05) is 36.7 Å². The van der Waals surface area contributed by atoms with Crippen molar-refractivity contribution in [1.82, 2.24) is 0 Å². The van der Waals surface area contributed by atoms with Gasteiger partial charge in [0.05, 0.1) is 0 Å². The van der Waals surface area contributed by atoms with E-state index in [2.05, 4.69) is 15.9 Å². The Hall–Kier alpha value is -1.29. The first-order valence-corrected chi connectivity index (χ1v) is 6.47. The summed E-state index contributed by atoms with van der Waals surface area (Å²) < 4.78 is 6.48. The molecule has 18 heavy (non-hydrogen) atoms. The zero-order chi connectivity index (χ0) is 13.7. The molecular weight excluding hydrogens is 296 g/mol. The normalized spacial score (nSPS) is 12.1. The van der Waals surface area contributed by atoms with E-state index in [0.29, 0.717) is 5.58 Å². The van der Waals surface area contributed by atoms with Gasteiger partial charge in [-0.05, 0) is 30.0 Å². The van der Waals surface area contributed by atoms with Crippen molar-refractivity contribution >= 4 is 32.9 Å². The van der Waals surface area contributed by atoms with Gasteiger partial charge in [0, 0.05) is 15.4 Å². The Balaban J connectivity index is 2.95. The Morgan fingerprint density at radius 1 is 1.33 bits per heavy atom. The van der Waals surface area contributed by atoms with Crippen LogP contribution in [0, 0.1) is 6.92 Å². The molecule has 1 aromatic heterocycles. The molecule has 3 nitrogen and oxygen atoms in total. The quantitative estimate of drug-likeness (QED) is 0.843. The molecule has 0 spiro atoms. The second-order valence-corrected chi connectivity index (χ2v) is 6.38. The zero-order valence-electron chi connectivity index (χ0n) is 10.8. The van der Waals surface area contributed by atoms with Crippen molar-refractivity contribution in [3.8, 4) is 0 Å². The Bertz CT molecular complexity index is 633. The van der Waals surface area contributed by atoms with Gasteiger partial charge in [-0.3, -0.25) is 0 Å². The van der Waals surface area contributed by atoms with Crippen LogP contribution in [0.5, 0.6) is 0 Å². The summed E-state index contributed by atoms with van der Waals surface area (Å²) in [6.45, 7) is 7.87. The Kier molecular flexibility index (Phi) is 3.01. The highest BCUT2D eigenvalue weighted by atomic mass is 79.9. The van der Waals surface area contributed by atoms with Crippen LogP contribution in [0.15, 0.2) is 21.0 Å². The third-order valence-corrected chi connectivity index (χ3v) is 3.34. The molecule has 2 aromatic rings. The summed E-state index contributed by atoms with van der Waals surface area (Å²) in [4.78, 5) is 11.3. The van der Waals surface area contributed by atoms with Gasteiger partial charge in [0.25, 0.3) is 0 Å². The molecule has 96 valence electrons. The van der Waals surface area contributed by atoms with Crippen LogP contribution in [0.25, 0.3) is 11.0 Å². The Morgan fingerprint density at radius 3 is 2.44 bits per heavy atom. The first kappa shape index (κ1) is 13.1. The molecule has 0 radical (unpaired) electrons. The molecule has 0 saturated heterocycles. The van der Waals surface area contributed by atoms with Crippen molar-refractivity contribution in [3.63, 3.8) is 0 Å². The summed E-state index contributed by atoms with van der Waals surface area (Å²) >= 11 is 3.44. The lowest BCUT2D eigenvalue weighted by atomic mass is 9.84. The van der Waals surface area contributed by atoms with Gasteiger partial charge < -0.3 is 9.52 Å². The molecule has 1 N–H and O–H groups in total. The molecule has 4 heteroatoms. The molecule has 0 atom stereocenters. The number of benzene rings is 1. The number of fused-ring (bicyclic) bond motifs is 1. The van der Waals surface area contributed by atoms with E-state index in [4.69, 9.17) is 4.42 Å². The van der Waals surface area contributed by atoms with Crippen LogP contribution in [0.1, 0.15) is 42.5 Å². The van der Waals surface area contributed by atoms with E-state index in [0.717, 1.165) is 21.0 Å². The van der Waals surface area contributed by atoms with E-state index in [9.17, 15) is 9.90 Å². The van der Waals surface area contributed by atoms with Crippen molar-refractivity contribution < 1.29 is 14.3 Å². The summed E-state index contributed by atoms with van der Waals surface area (Å²) in [5.74, 6) is -0.981. The average Bonchev–Trinajstić information content (AvgIpc) is 2.56. The smallest absolute Gasteiger partial charge is 0.372 e. The van der Waals surface area contributed by atoms with Crippen molar-refractivity contribution in [2.75, 3.05) is 0 Å². The first-order valence-electron chi connectivity index (χ1n) is 5.68. The first-order chi connectivity index (χ1) is 8.21. The SMILES string of the molecule is Cc1cc(Br)cc2c(C(C)(C)C)c(C(=O)O)oc12. The van der Waals surface area contributed by atoms with Crippen LogP contribution in [0.2, 0.25) is 0 Å². The van der Waals surface area contributed by atoms with Crippen LogP contribution in [0.3, 0.4) is 0 Å². The van der Waals surface area contributed by atoms with Crippen molar-refractivity contribution in [1.29, 1.82) is 0 Å². The summed E-state index contributed by atoms with van der Waals surface area (Å²) in [5.41, 5.74) is 2.04. The lowest BCUT2D eigenvalue weighted by Gasteiger charge is -2.18. The molecule has 0 bridgehead atoms. The number of furan rings is 1. The molecule has 2 rings (SSSR count). The number of halogens is 1. The maximum Gasteiger partial charge on any atom is 0.372 e. The molecule has 1 heterocycles. The minimum atomic E-state index is -1.02. The van der Waals surface area contributed by atoms with Crippen molar-refractivity contribution in [2.45, 2.75) is 33.1 Å². The third-order valence-electron chi connectivity index (χ3n) is 2.88. The molecule has 0 aliphatic heterocycles. The molecule has 0 fully saturated rings. The number of hydrogen-bond donors (Lipinski definition) is 1. The lowest BCUT2D eigenvalue weighted by Crippen LogP contribution is -2.15. The van der Waals surface area contributed by atoms with E-state index in [1.165, 1.54) is 0 Å². The minimum absolute atomic E-state index is 0.0405. The lowest BCUT2D eigenvalue weighted by molar-refractivity contribution is 0.0661. The monoisotopic (exact) mass is 310 g/mol. The topological polar surface area (TPSA) is 50.4 Å². The number of carbonyl (C=O) groups is 1. The standard InChI is InChI=1S/C14H15BrO3/c1-7-5-8(15)6-9-10(14(2,3)4)12(13(16)17)18-11(7)9/h5-6H,1-4H3,(H,16,17). The van der Waals surface area contributed by atoms with Gasteiger partial charge in [-0.25, -0.2) is 4.79 Å². The molecular formula is C14H15BrO3. The van der Waals surface area contributed by atoms with Crippen LogP contribution in [-0.2, 0) is 5.41 Å². The van der Waals surface area contributed by atoms with Crippen LogP contribution in [0.4, 0.5) is 0 Å². The van der Waals surface area contributed by atoms with Gasteiger partial charge in [0.2, 0.25) is 5.76 Å². The average molecular weight is 311 g/mol.